The summed E-state index contributed by atoms with van der Waals surface area (Å²) in [6, 6.07) is 0. The highest BCUT2D eigenvalue weighted by atomic mass is 35.5. The number of carbonyl (C=O) groups is 1. The average Bonchev–Trinajstić information content (AvgIpc) is 1.36. The Labute approximate surface area is 39.1 Å². The fourth-order valence-electron chi connectivity index (χ4n) is 0. The number of nitrogens with two attached hydrogens (primary N) is 1. The molecule has 2 N–H and O–H groups in total. The smallest absolute Gasteiger partial charge is 0.267 e. The Hall–Kier alpha value is -0.310. The monoisotopic (exact) mass is 111 g/mol. The summed E-state index contributed by atoms with van der Waals surface area (Å²) in [6.45, 7) is 0. The molecule has 1 amide bonds. The van der Waals surface area contributed by atoms with Crippen molar-refractivity contribution in [1.29, 1.82) is 0 Å². The molecule has 0 aliphatic heterocycles. The molecule has 4 heteroatoms. The Morgan fingerprint density at radius 3 is 2.17 bits per heavy atom. The molecule has 36 valence electrons. The molecule has 0 heterocycles. The molecule has 0 aromatic carbocycles. The summed E-state index contributed by atoms with van der Waals surface area (Å²) >= 11 is 4.47. The van der Waals surface area contributed by atoms with Gasteiger partial charge in [0, 0.05) is 0 Å². The molecule has 6 heavy (non-hydrogen) atoms. The largest absolute Gasteiger partial charge is 0.366 e. The minimum Gasteiger partial charge on any atom is -0.366 e. The van der Waals surface area contributed by atoms with Crippen molar-refractivity contribution in [1.82, 2.24) is 0 Å². The maximum Gasteiger partial charge on any atom is 0.267 e. The Bertz CT molecular complexity index is 64.6. The number of rotatable bonds is 1. The lowest BCUT2D eigenvalue weighted by Crippen LogP contribution is -2.18. The molecule has 0 bridgehead atoms. The van der Waals surface area contributed by atoms with E-state index in [0.717, 1.165) is 0 Å². The Balaban J connectivity index is 3.26. The average molecular weight is 112 g/mol. The van der Waals surface area contributed by atoms with Crippen LogP contribution in [-0.4, -0.2) is 11.5 Å². The first-order chi connectivity index (χ1) is 2.64. The van der Waals surface area contributed by atoms with Gasteiger partial charge in [0.25, 0.3) is 11.5 Å². The van der Waals surface area contributed by atoms with Crippen molar-refractivity contribution in [3.05, 3.63) is 0 Å². The van der Waals surface area contributed by atoms with E-state index in [4.69, 9.17) is 0 Å². The van der Waals surface area contributed by atoms with Gasteiger partial charge < -0.3 is 5.73 Å². The molecule has 0 aromatic rings. The van der Waals surface area contributed by atoms with Crippen LogP contribution in [0.2, 0.25) is 0 Å². The van der Waals surface area contributed by atoms with E-state index in [-0.39, 0.29) is 0 Å². The number of primary amides is 1. The number of alkyl halides is 2. The molecule has 0 fully saturated rings. The Morgan fingerprint density at radius 1 is 2.00 bits per heavy atom. The normalized spacial score (nSPS) is 13.7. The molecule has 2 nitrogen and oxygen atoms in total. The topological polar surface area (TPSA) is 43.1 Å². The summed E-state index contributed by atoms with van der Waals surface area (Å²) in [5.74, 6) is -1.14. The predicted octanol–water partition coefficient (Wildman–Crippen LogP) is 0.00610. The van der Waals surface area contributed by atoms with Crippen LogP contribution in [0.5, 0.6) is 0 Å². The van der Waals surface area contributed by atoms with Gasteiger partial charge in [0.2, 0.25) is 0 Å². The van der Waals surface area contributed by atoms with Crippen LogP contribution in [-0.2, 0) is 4.79 Å². The summed E-state index contributed by atoms with van der Waals surface area (Å²) in [7, 11) is 0. The first-order valence-electron chi connectivity index (χ1n) is 1.22. The predicted molar refractivity (Wildman–Crippen MR) is 19.9 cm³/mol. The van der Waals surface area contributed by atoms with Gasteiger partial charge in [0.1, 0.15) is 0 Å². The summed E-state index contributed by atoms with van der Waals surface area (Å²) < 4.78 is 11.1. The molecule has 0 rings (SSSR count). The third-order valence-corrected chi connectivity index (χ3v) is 0.430. The zero-order valence-electron chi connectivity index (χ0n) is 2.82. The summed E-state index contributed by atoms with van der Waals surface area (Å²) in [6.07, 6.45) is 0. The molecule has 1 unspecified atom stereocenters. The molecule has 0 saturated carbocycles. The van der Waals surface area contributed by atoms with Crippen LogP contribution in [0.3, 0.4) is 0 Å². The van der Waals surface area contributed by atoms with Crippen LogP contribution >= 0.6 is 11.6 Å². The van der Waals surface area contributed by atoms with Crippen LogP contribution in [0.1, 0.15) is 0 Å². The number of hydrogen-bond donors (Lipinski definition) is 1. The zero-order chi connectivity index (χ0) is 5.15. The van der Waals surface area contributed by atoms with E-state index in [9.17, 15) is 9.18 Å². The first kappa shape index (κ1) is 5.69. The van der Waals surface area contributed by atoms with Gasteiger partial charge in [0.15, 0.2) is 0 Å². The molecular weight excluding hydrogens is 108 g/mol. The van der Waals surface area contributed by atoms with Crippen LogP contribution in [0.15, 0.2) is 0 Å². The van der Waals surface area contributed by atoms with Gasteiger partial charge >= 0.3 is 0 Å². The maximum absolute atomic E-state index is 11.1. The SMILES string of the molecule is NC(=O)C(F)Cl. The van der Waals surface area contributed by atoms with Gasteiger partial charge in [-0.05, 0) is 0 Å². The van der Waals surface area contributed by atoms with Gasteiger partial charge in [-0.3, -0.25) is 4.79 Å². The standard InChI is InChI=1S/C2H3ClFNO/c3-1(4)2(5)6/h1H,(H2,5,6). The van der Waals surface area contributed by atoms with E-state index in [1.165, 1.54) is 0 Å². The van der Waals surface area contributed by atoms with E-state index >= 15 is 0 Å². The molecule has 0 aromatic heterocycles. The molecule has 1 atom stereocenters. The van der Waals surface area contributed by atoms with Crippen LogP contribution in [0, 0.1) is 0 Å². The number of carbonyl (C=O) groups excluding carboxylic acids is 1. The second kappa shape index (κ2) is 1.97. The van der Waals surface area contributed by atoms with Crippen molar-refractivity contribution in [3.8, 4) is 0 Å². The fraction of sp³-hybridized carbons (Fsp3) is 0.500. The Kier molecular flexibility index (Phi) is 1.87. The highest BCUT2D eigenvalue weighted by Crippen LogP contribution is 1.91. The van der Waals surface area contributed by atoms with Crippen molar-refractivity contribution in [2.24, 2.45) is 5.73 Å². The fourth-order valence-corrected chi connectivity index (χ4v) is 0. The highest BCUT2D eigenvalue weighted by molar-refractivity contribution is 6.29. The maximum atomic E-state index is 11.1. The van der Waals surface area contributed by atoms with E-state index in [1.54, 1.807) is 0 Å². The van der Waals surface area contributed by atoms with Gasteiger partial charge in [-0.25, -0.2) is 4.39 Å². The van der Waals surface area contributed by atoms with E-state index in [0.29, 0.717) is 0 Å². The van der Waals surface area contributed by atoms with Crippen molar-refractivity contribution in [2.45, 2.75) is 5.63 Å². The summed E-state index contributed by atoms with van der Waals surface area (Å²) in [4.78, 5) is 9.41. The van der Waals surface area contributed by atoms with Gasteiger partial charge in [0.05, 0.1) is 0 Å². The molecule has 0 aliphatic carbocycles. The van der Waals surface area contributed by atoms with Crippen molar-refractivity contribution >= 4 is 17.5 Å². The molecule has 0 spiro atoms. The number of amides is 1. The quantitative estimate of drug-likeness (QED) is 0.476. The second-order valence-corrected chi connectivity index (χ2v) is 1.09. The minimum absolute atomic E-state index is 1.14. The third kappa shape index (κ3) is 1.96. The number of halogens is 2. The van der Waals surface area contributed by atoms with E-state index < -0.39 is 11.5 Å². The second-order valence-electron chi connectivity index (χ2n) is 0.703. The van der Waals surface area contributed by atoms with E-state index in [1.807, 2.05) is 0 Å². The number of hydrogen-bond acceptors (Lipinski definition) is 1. The highest BCUT2D eigenvalue weighted by Gasteiger charge is 2.04. The Morgan fingerprint density at radius 2 is 2.17 bits per heavy atom. The van der Waals surface area contributed by atoms with E-state index in [2.05, 4.69) is 17.3 Å². The van der Waals surface area contributed by atoms with Crippen LogP contribution < -0.4 is 5.73 Å². The first-order valence-corrected chi connectivity index (χ1v) is 1.65. The summed E-state index contributed by atoms with van der Waals surface area (Å²) in [5.41, 5.74) is 2.25. The lowest BCUT2D eigenvalue weighted by atomic mass is 10.7. The van der Waals surface area contributed by atoms with Crippen molar-refractivity contribution in [3.63, 3.8) is 0 Å². The van der Waals surface area contributed by atoms with Gasteiger partial charge in [-0.15, -0.1) is 0 Å². The minimum atomic E-state index is -2.04. The van der Waals surface area contributed by atoms with Crippen molar-refractivity contribution in [2.75, 3.05) is 0 Å². The lowest BCUT2D eigenvalue weighted by Gasteiger charge is -1.84. The molecule has 0 aliphatic rings. The lowest BCUT2D eigenvalue weighted by molar-refractivity contribution is -0.120. The zero-order valence-corrected chi connectivity index (χ0v) is 3.57. The van der Waals surface area contributed by atoms with Crippen LogP contribution in [0.25, 0.3) is 0 Å². The van der Waals surface area contributed by atoms with Crippen molar-refractivity contribution < 1.29 is 9.18 Å². The molecular formula is C2H3ClFNO. The molecule has 0 radical (unpaired) electrons. The van der Waals surface area contributed by atoms with Gasteiger partial charge in [-0.1, -0.05) is 11.6 Å². The molecule has 0 saturated heterocycles. The van der Waals surface area contributed by atoms with Gasteiger partial charge in [-0.2, -0.15) is 0 Å². The van der Waals surface area contributed by atoms with Crippen LogP contribution in [0.4, 0.5) is 4.39 Å². The third-order valence-electron chi connectivity index (χ3n) is 0.215. The summed E-state index contributed by atoms with van der Waals surface area (Å²) in [5, 5.41) is 0.